The number of nitrogens with two attached hydrogens (primary N) is 1. The number of thiazole rings is 1. The van der Waals surface area contributed by atoms with E-state index in [0.717, 1.165) is 26.9 Å². The first-order valence-electron chi connectivity index (χ1n) is 15.4. The molecule has 12 nitrogen and oxygen atoms in total. The van der Waals surface area contributed by atoms with Gasteiger partial charge >= 0.3 is 6.03 Å². The Kier molecular flexibility index (Phi) is 9.66. The van der Waals surface area contributed by atoms with E-state index in [4.69, 9.17) is 15.6 Å². The number of aliphatic hydroxyl groups is 1. The maximum Gasteiger partial charge on any atom is 0.332 e. The number of nitrogens with one attached hydrogen (secondary N) is 1. The van der Waals surface area contributed by atoms with Crippen LogP contribution in [0.25, 0.3) is 10.2 Å². The number of rotatable bonds is 12. The molecule has 0 saturated carbocycles. The lowest BCUT2D eigenvalue weighted by Crippen LogP contribution is -2.66. The van der Waals surface area contributed by atoms with Crippen molar-refractivity contribution in [1.82, 2.24) is 30.1 Å². The molecule has 0 unspecified atom stereocenters. The molecule has 13 heteroatoms. The fourth-order valence-electron chi connectivity index (χ4n) is 6.15. The number of carbonyl (C=O) groups is 3. The smallest absolute Gasteiger partial charge is 0.332 e. The first-order valence-corrected chi connectivity index (χ1v) is 16.2. The summed E-state index contributed by atoms with van der Waals surface area (Å²) in [5.74, 6) is 0.161. The molecule has 3 aromatic carbocycles. The number of fused-ring (bicyclic) bond motifs is 2. The van der Waals surface area contributed by atoms with Gasteiger partial charge in [-0.3, -0.25) is 14.6 Å². The molecule has 2 atom stereocenters. The second-order valence-corrected chi connectivity index (χ2v) is 12.4. The lowest BCUT2D eigenvalue weighted by atomic mass is 9.99. The number of urea groups is 1. The van der Waals surface area contributed by atoms with Crippen LogP contribution in [0.4, 0.5) is 9.93 Å². The molecule has 6 rings (SSSR count). The minimum atomic E-state index is -0.812. The first-order chi connectivity index (χ1) is 22.9. The van der Waals surface area contributed by atoms with Crippen LogP contribution in [0.2, 0.25) is 0 Å². The average Bonchev–Trinajstić information content (AvgIpc) is 3.63. The fraction of sp³-hybridized carbons (Fsp3) is 0.294. The van der Waals surface area contributed by atoms with Crippen molar-refractivity contribution in [1.29, 1.82) is 0 Å². The highest BCUT2D eigenvalue weighted by molar-refractivity contribution is 7.22. The van der Waals surface area contributed by atoms with Gasteiger partial charge in [0, 0.05) is 19.5 Å². The summed E-state index contributed by atoms with van der Waals surface area (Å²) in [4.78, 5) is 49.5. The Labute approximate surface area is 276 Å². The molecule has 4 amide bonds. The third kappa shape index (κ3) is 6.92. The average molecular weight is 656 g/mol. The quantitative estimate of drug-likeness (QED) is 0.198. The second-order valence-electron chi connectivity index (χ2n) is 11.4. The summed E-state index contributed by atoms with van der Waals surface area (Å²) in [5.41, 5.74) is 9.40. The second kappa shape index (κ2) is 14.2. The number of aromatic nitrogens is 1. The number of piperazine rings is 1. The summed E-state index contributed by atoms with van der Waals surface area (Å²) in [7, 11) is 0. The van der Waals surface area contributed by atoms with Gasteiger partial charge in [0.15, 0.2) is 5.13 Å². The highest BCUT2D eigenvalue weighted by Crippen LogP contribution is 2.32. The topological polar surface area (TPSA) is 145 Å². The van der Waals surface area contributed by atoms with E-state index in [1.54, 1.807) is 33.0 Å². The van der Waals surface area contributed by atoms with Crippen LogP contribution < -0.4 is 15.8 Å². The van der Waals surface area contributed by atoms with Gasteiger partial charge < -0.3 is 30.7 Å². The van der Waals surface area contributed by atoms with Gasteiger partial charge in [0.25, 0.3) is 0 Å². The highest BCUT2D eigenvalue weighted by atomic mass is 32.1. The Morgan fingerprint density at radius 3 is 2.64 bits per heavy atom. The molecule has 0 spiro atoms. The lowest BCUT2D eigenvalue weighted by Gasteiger charge is -2.46. The predicted octanol–water partition coefficient (Wildman–Crippen LogP) is 2.99. The summed E-state index contributed by atoms with van der Waals surface area (Å²) in [6.07, 6.45) is 1.28. The third-order valence-corrected chi connectivity index (χ3v) is 9.14. The molecular weight excluding hydrogens is 618 g/mol. The number of hydrogen-bond acceptors (Lipinski definition) is 9. The Morgan fingerprint density at radius 2 is 1.89 bits per heavy atom. The van der Waals surface area contributed by atoms with Crippen LogP contribution in [0, 0.1) is 0 Å². The number of hydrogen-bond donors (Lipinski definition) is 3. The van der Waals surface area contributed by atoms with Gasteiger partial charge in [0.05, 0.1) is 36.5 Å². The number of para-hydroxylation sites is 1. The zero-order valence-electron chi connectivity index (χ0n) is 25.8. The zero-order chi connectivity index (χ0) is 32.9. The van der Waals surface area contributed by atoms with Crippen LogP contribution in [0.15, 0.2) is 85.5 Å². The molecule has 3 heterocycles. The van der Waals surface area contributed by atoms with Gasteiger partial charge in [-0.15, -0.1) is 6.58 Å². The molecule has 2 saturated heterocycles. The Hall–Kier alpha value is -4.98. The minimum absolute atomic E-state index is 0.0684. The fourth-order valence-corrected chi connectivity index (χ4v) is 6.93. The maximum absolute atomic E-state index is 14.3. The summed E-state index contributed by atoms with van der Waals surface area (Å²) < 4.78 is 6.43. The summed E-state index contributed by atoms with van der Waals surface area (Å²) in [6.45, 7) is 4.79. The van der Waals surface area contributed by atoms with Crippen LogP contribution in [0.5, 0.6) is 5.75 Å². The van der Waals surface area contributed by atoms with Crippen LogP contribution in [0.1, 0.15) is 16.7 Å². The molecule has 2 aliphatic heterocycles. The van der Waals surface area contributed by atoms with Crippen LogP contribution >= 0.6 is 11.3 Å². The molecule has 47 heavy (non-hydrogen) atoms. The van der Waals surface area contributed by atoms with Crippen LogP contribution in [-0.4, -0.2) is 92.8 Å². The standard InChI is InChI=1S/C34H37N7O5S/c1-2-15-39(34(45)36-19-24-7-4-3-5-8-24)40-22-30(43)41-27(18-23-11-13-26(14-12-23)46-17-16-42)32(44)38(21-29(40)41)20-25-9-6-10-28-31(25)37-33(35)47-28/h2-14,27,29,42H,1,15-22H2,(H2,35,37)(H,36,45)/t27-,29+/m0/s1. The molecule has 2 fully saturated rings. The molecule has 1 aromatic heterocycles. The van der Waals surface area contributed by atoms with Crippen LogP contribution in [0.3, 0.4) is 0 Å². The van der Waals surface area contributed by atoms with E-state index in [2.05, 4.69) is 16.9 Å². The maximum atomic E-state index is 14.3. The van der Waals surface area contributed by atoms with Crippen molar-refractivity contribution in [2.45, 2.75) is 31.7 Å². The Morgan fingerprint density at radius 1 is 1.11 bits per heavy atom. The van der Waals surface area contributed by atoms with E-state index in [1.165, 1.54) is 16.3 Å². The predicted molar refractivity (Wildman–Crippen MR) is 179 cm³/mol. The largest absolute Gasteiger partial charge is 0.491 e. The first kappa shape index (κ1) is 32.0. The van der Waals surface area contributed by atoms with E-state index < -0.39 is 12.2 Å². The molecule has 4 aromatic rings. The minimum Gasteiger partial charge on any atom is -0.491 e. The zero-order valence-corrected chi connectivity index (χ0v) is 26.6. The van der Waals surface area contributed by atoms with E-state index in [-0.39, 0.29) is 63.7 Å². The van der Waals surface area contributed by atoms with Gasteiger partial charge in [0.2, 0.25) is 11.8 Å². The summed E-state index contributed by atoms with van der Waals surface area (Å²) in [6, 6.07) is 21.5. The van der Waals surface area contributed by atoms with Crippen molar-refractivity contribution in [2.75, 3.05) is 38.6 Å². The molecular formula is C34H37N7O5S. The number of amides is 4. The molecule has 4 N–H and O–H groups in total. The molecule has 0 bridgehead atoms. The van der Waals surface area contributed by atoms with Crippen molar-refractivity contribution >= 4 is 44.5 Å². The number of nitrogen functional groups attached to an aromatic ring is 1. The number of benzene rings is 3. The van der Waals surface area contributed by atoms with Gasteiger partial charge in [-0.05, 0) is 34.9 Å². The third-order valence-electron chi connectivity index (χ3n) is 8.29. The lowest BCUT2D eigenvalue weighted by molar-refractivity contribution is -0.157. The van der Waals surface area contributed by atoms with Gasteiger partial charge in [0.1, 0.15) is 24.6 Å². The summed E-state index contributed by atoms with van der Waals surface area (Å²) in [5, 5.41) is 15.7. The molecule has 244 valence electrons. The Bertz CT molecular complexity index is 1750. The number of hydrazine groups is 1. The van der Waals surface area contributed by atoms with Crippen molar-refractivity contribution in [3.63, 3.8) is 0 Å². The number of ether oxygens (including phenoxy) is 1. The molecule has 0 aliphatic carbocycles. The van der Waals surface area contributed by atoms with Crippen molar-refractivity contribution in [3.8, 4) is 5.75 Å². The van der Waals surface area contributed by atoms with E-state index >= 15 is 0 Å². The number of carbonyl (C=O) groups excluding carboxylic acids is 3. The van der Waals surface area contributed by atoms with Gasteiger partial charge in [-0.1, -0.05) is 72.0 Å². The van der Waals surface area contributed by atoms with Crippen molar-refractivity contribution in [3.05, 3.63) is 102 Å². The van der Waals surface area contributed by atoms with Crippen molar-refractivity contribution in [2.24, 2.45) is 0 Å². The summed E-state index contributed by atoms with van der Waals surface area (Å²) >= 11 is 1.39. The molecule has 2 aliphatic rings. The van der Waals surface area contributed by atoms with Gasteiger partial charge in [-0.2, -0.15) is 5.01 Å². The van der Waals surface area contributed by atoms with E-state index in [1.807, 2.05) is 60.7 Å². The monoisotopic (exact) mass is 655 g/mol. The number of nitrogens with zero attached hydrogens (tertiary/aromatic N) is 5. The number of anilines is 1. The van der Waals surface area contributed by atoms with Crippen molar-refractivity contribution < 1.29 is 24.2 Å². The Balaban J connectivity index is 1.30. The SMILES string of the molecule is C=CCN(C(=O)NCc1ccccc1)N1CC(=O)N2[C@@H](Cc3ccc(OCCO)cc3)C(=O)N(Cc3cccc4sc(N)nc34)C[C@@H]21. The van der Waals surface area contributed by atoms with Crippen LogP contribution in [-0.2, 0) is 29.1 Å². The highest BCUT2D eigenvalue weighted by Gasteiger charge is 2.52. The molecule has 0 radical (unpaired) electrons. The normalized spacial score (nSPS) is 18.0. The van der Waals surface area contributed by atoms with E-state index in [0.29, 0.717) is 17.4 Å². The van der Waals surface area contributed by atoms with E-state index in [9.17, 15) is 14.4 Å². The number of aliphatic hydroxyl groups excluding tert-OH is 1. The van der Waals surface area contributed by atoms with Gasteiger partial charge in [-0.25, -0.2) is 9.78 Å².